The lowest BCUT2D eigenvalue weighted by atomic mass is 10.3. The van der Waals surface area contributed by atoms with Gasteiger partial charge >= 0.3 is 0 Å². The summed E-state index contributed by atoms with van der Waals surface area (Å²) in [5, 5.41) is 4.22. The summed E-state index contributed by atoms with van der Waals surface area (Å²) in [6, 6.07) is 1.99. The maximum absolute atomic E-state index is 5.06. The van der Waals surface area contributed by atoms with Crippen LogP contribution in [0.5, 0.6) is 0 Å². The fourth-order valence-electron chi connectivity index (χ4n) is 1.63. The molecule has 0 unspecified atom stereocenters. The normalized spacial score (nSPS) is 11.0. The highest BCUT2D eigenvalue weighted by Crippen LogP contribution is 2.19. The summed E-state index contributed by atoms with van der Waals surface area (Å²) < 4.78 is 5.06. The van der Waals surface area contributed by atoms with Crippen LogP contribution in [0, 0.1) is 0 Å². The second-order valence-electron chi connectivity index (χ2n) is 3.97. The maximum atomic E-state index is 5.06. The van der Waals surface area contributed by atoms with E-state index in [-0.39, 0.29) is 0 Å². The van der Waals surface area contributed by atoms with Crippen LogP contribution in [0.2, 0.25) is 0 Å². The lowest BCUT2D eigenvalue weighted by Crippen LogP contribution is -2.15. The van der Waals surface area contributed by atoms with Crippen molar-refractivity contribution in [1.29, 1.82) is 0 Å². The molecular formula is C12H17N3OS. The average Bonchev–Trinajstić information content (AvgIpc) is 2.91. The average molecular weight is 251 g/mol. The zero-order chi connectivity index (χ0) is 12.1. The van der Waals surface area contributed by atoms with Gasteiger partial charge in [0, 0.05) is 36.3 Å². The summed E-state index contributed by atoms with van der Waals surface area (Å²) in [6.45, 7) is 4.79. The summed E-state index contributed by atoms with van der Waals surface area (Å²) in [6.07, 6.45) is 5.43. The van der Waals surface area contributed by atoms with Crippen molar-refractivity contribution in [2.75, 3.05) is 18.9 Å². The van der Waals surface area contributed by atoms with Gasteiger partial charge < -0.3 is 9.73 Å². The van der Waals surface area contributed by atoms with Gasteiger partial charge in [0.15, 0.2) is 5.13 Å². The van der Waals surface area contributed by atoms with Crippen LogP contribution in [0.3, 0.4) is 0 Å². The second-order valence-corrected chi connectivity index (χ2v) is 5.08. The van der Waals surface area contributed by atoms with Crippen LogP contribution >= 0.6 is 11.3 Å². The third-order valence-electron chi connectivity index (χ3n) is 2.34. The van der Waals surface area contributed by atoms with Crippen molar-refractivity contribution in [3.8, 4) is 0 Å². The minimum absolute atomic E-state index is 0.894. The van der Waals surface area contributed by atoms with E-state index in [1.807, 2.05) is 12.3 Å². The fraction of sp³-hybridized carbons (Fsp3) is 0.417. The first-order chi connectivity index (χ1) is 8.28. The molecule has 0 aliphatic heterocycles. The molecule has 0 amide bonds. The van der Waals surface area contributed by atoms with Gasteiger partial charge in [-0.25, -0.2) is 4.98 Å². The van der Waals surface area contributed by atoms with Crippen molar-refractivity contribution in [2.45, 2.75) is 20.0 Å². The van der Waals surface area contributed by atoms with Gasteiger partial charge in [-0.15, -0.1) is 11.3 Å². The molecule has 2 heterocycles. The Bertz CT molecular complexity index is 438. The first-order valence-electron chi connectivity index (χ1n) is 5.66. The number of thiazole rings is 1. The Kier molecular flexibility index (Phi) is 4.17. The molecule has 0 aliphatic rings. The molecule has 0 aliphatic carbocycles. The van der Waals surface area contributed by atoms with Crippen LogP contribution < -0.4 is 5.32 Å². The Morgan fingerprint density at radius 1 is 1.47 bits per heavy atom. The van der Waals surface area contributed by atoms with Gasteiger partial charge in [0.25, 0.3) is 0 Å². The van der Waals surface area contributed by atoms with Crippen LogP contribution in [-0.4, -0.2) is 23.5 Å². The summed E-state index contributed by atoms with van der Waals surface area (Å²) in [5.41, 5.74) is 1.20. The van der Waals surface area contributed by atoms with Crippen LogP contribution in [0.25, 0.3) is 0 Å². The third kappa shape index (κ3) is 3.57. The number of nitrogens with one attached hydrogen (secondary N) is 1. The summed E-state index contributed by atoms with van der Waals surface area (Å²) in [4.78, 5) is 7.83. The Hall–Kier alpha value is -1.33. The van der Waals surface area contributed by atoms with E-state index in [1.54, 1.807) is 23.9 Å². The highest BCUT2D eigenvalue weighted by atomic mass is 32.1. The monoisotopic (exact) mass is 251 g/mol. The molecule has 4 nitrogen and oxygen atoms in total. The summed E-state index contributed by atoms with van der Waals surface area (Å²) >= 11 is 1.71. The lowest BCUT2D eigenvalue weighted by molar-refractivity contribution is 0.320. The lowest BCUT2D eigenvalue weighted by Gasteiger charge is -2.13. The Balaban J connectivity index is 1.86. The fourth-order valence-corrected chi connectivity index (χ4v) is 2.59. The van der Waals surface area contributed by atoms with E-state index in [0.717, 1.165) is 24.8 Å². The number of rotatable bonds is 6. The summed E-state index contributed by atoms with van der Waals surface area (Å²) in [7, 11) is 2.10. The molecule has 1 N–H and O–H groups in total. The highest BCUT2D eigenvalue weighted by Gasteiger charge is 2.06. The minimum Gasteiger partial charge on any atom is -0.472 e. The van der Waals surface area contributed by atoms with E-state index in [4.69, 9.17) is 4.42 Å². The Labute approximate surface area is 105 Å². The number of nitrogens with zero attached hydrogens (tertiary/aromatic N) is 2. The van der Waals surface area contributed by atoms with Crippen LogP contribution in [0.1, 0.15) is 17.4 Å². The molecule has 0 spiro atoms. The van der Waals surface area contributed by atoms with E-state index in [1.165, 1.54) is 10.4 Å². The quantitative estimate of drug-likeness (QED) is 0.857. The number of furan rings is 1. The largest absolute Gasteiger partial charge is 0.472 e. The molecule has 0 fully saturated rings. The van der Waals surface area contributed by atoms with E-state index in [2.05, 4.69) is 29.2 Å². The standard InChI is InChI=1S/C12H17N3OS/c1-3-13-12-14-6-11(17-12)8-15(2)7-10-4-5-16-9-10/h4-6,9H,3,7-8H2,1-2H3,(H,13,14). The van der Waals surface area contributed by atoms with Crippen molar-refractivity contribution in [1.82, 2.24) is 9.88 Å². The highest BCUT2D eigenvalue weighted by molar-refractivity contribution is 7.15. The predicted molar refractivity (Wildman–Crippen MR) is 70.2 cm³/mol. The third-order valence-corrected chi connectivity index (χ3v) is 3.28. The first-order valence-corrected chi connectivity index (χ1v) is 6.47. The van der Waals surface area contributed by atoms with Gasteiger partial charge in [0.05, 0.1) is 12.5 Å². The molecule has 0 saturated heterocycles. The molecule has 92 valence electrons. The molecule has 0 aromatic carbocycles. The van der Waals surface area contributed by atoms with Crippen molar-refractivity contribution >= 4 is 16.5 Å². The van der Waals surface area contributed by atoms with E-state index < -0.39 is 0 Å². The Morgan fingerprint density at radius 3 is 3.06 bits per heavy atom. The van der Waals surface area contributed by atoms with E-state index in [0.29, 0.717) is 0 Å². The topological polar surface area (TPSA) is 41.3 Å². The van der Waals surface area contributed by atoms with Gasteiger partial charge in [0.1, 0.15) is 0 Å². The molecule has 2 aromatic rings. The van der Waals surface area contributed by atoms with E-state index in [9.17, 15) is 0 Å². The van der Waals surface area contributed by atoms with Gasteiger partial charge in [-0.05, 0) is 20.0 Å². The molecule has 17 heavy (non-hydrogen) atoms. The van der Waals surface area contributed by atoms with Crippen LogP contribution in [-0.2, 0) is 13.1 Å². The number of hydrogen-bond acceptors (Lipinski definition) is 5. The smallest absolute Gasteiger partial charge is 0.182 e. The predicted octanol–water partition coefficient (Wildman–Crippen LogP) is 2.80. The molecule has 2 rings (SSSR count). The van der Waals surface area contributed by atoms with Crippen molar-refractivity contribution in [3.63, 3.8) is 0 Å². The molecule has 0 saturated carbocycles. The summed E-state index contributed by atoms with van der Waals surface area (Å²) in [5.74, 6) is 0. The minimum atomic E-state index is 0.894. The van der Waals surface area contributed by atoms with Crippen molar-refractivity contribution < 1.29 is 4.42 Å². The van der Waals surface area contributed by atoms with Crippen molar-refractivity contribution in [2.24, 2.45) is 0 Å². The Morgan fingerprint density at radius 2 is 2.35 bits per heavy atom. The molecule has 0 radical (unpaired) electrons. The molecule has 0 atom stereocenters. The van der Waals surface area contributed by atoms with Crippen LogP contribution in [0.15, 0.2) is 29.2 Å². The number of hydrogen-bond donors (Lipinski definition) is 1. The first kappa shape index (κ1) is 12.1. The molecule has 2 aromatic heterocycles. The number of anilines is 1. The molecule has 0 bridgehead atoms. The molecule has 5 heteroatoms. The zero-order valence-corrected chi connectivity index (χ0v) is 11.0. The van der Waals surface area contributed by atoms with Crippen molar-refractivity contribution in [3.05, 3.63) is 35.2 Å². The van der Waals surface area contributed by atoms with Gasteiger partial charge in [-0.3, -0.25) is 4.90 Å². The SMILES string of the molecule is CCNc1ncc(CN(C)Cc2ccoc2)s1. The van der Waals surface area contributed by atoms with Gasteiger partial charge in [-0.1, -0.05) is 0 Å². The van der Waals surface area contributed by atoms with Gasteiger partial charge in [-0.2, -0.15) is 0 Å². The van der Waals surface area contributed by atoms with Crippen LogP contribution in [0.4, 0.5) is 5.13 Å². The second kappa shape index (κ2) is 5.84. The molecular weight excluding hydrogens is 234 g/mol. The van der Waals surface area contributed by atoms with Gasteiger partial charge in [0.2, 0.25) is 0 Å². The maximum Gasteiger partial charge on any atom is 0.182 e. The zero-order valence-electron chi connectivity index (χ0n) is 10.1. The number of aromatic nitrogens is 1. The van der Waals surface area contributed by atoms with E-state index >= 15 is 0 Å².